The van der Waals surface area contributed by atoms with Gasteiger partial charge < -0.3 is 15.7 Å². The number of hydrogen-bond donors (Lipinski definition) is 3. The first-order valence-corrected chi connectivity index (χ1v) is 5.64. The Bertz CT molecular complexity index is 303. The van der Waals surface area contributed by atoms with Crippen LogP contribution in [-0.4, -0.2) is 35.6 Å². The third-order valence-electron chi connectivity index (χ3n) is 1.93. The zero-order valence-electron chi connectivity index (χ0n) is 11.0. The largest absolute Gasteiger partial charge is 0.478 e. The normalized spacial score (nSPS) is 12.4. The Balaban J connectivity index is 3.69. The van der Waals surface area contributed by atoms with E-state index in [0.29, 0.717) is 25.1 Å². The molecule has 5 nitrogen and oxygen atoms in total. The van der Waals surface area contributed by atoms with Crippen LogP contribution in [0.1, 0.15) is 34.1 Å². The molecule has 1 amide bonds. The van der Waals surface area contributed by atoms with Gasteiger partial charge in [-0.3, -0.25) is 4.79 Å². The number of hydrogen-bond acceptors (Lipinski definition) is 3. The van der Waals surface area contributed by atoms with Crippen molar-refractivity contribution in [2.24, 2.45) is 0 Å². The van der Waals surface area contributed by atoms with Crippen LogP contribution in [0.3, 0.4) is 0 Å². The van der Waals surface area contributed by atoms with Crippen molar-refractivity contribution in [3.8, 4) is 0 Å². The Morgan fingerprint density at radius 2 is 1.88 bits per heavy atom. The lowest BCUT2D eigenvalue weighted by Gasteiger charge is -2.20. The second kappa shape index (κ2) is 7.06. The van der Waals surface area contributed by atoms with Gasteiger partial charge in [0.2, 0.25) is 5.91 Å². The van der Waals surface area contributed by atoms with Crippen LogP contribution in [0.15, 0.2) is 11.6 Å². The Kier molecular flexibility index (Phi) is 6.50. The number of nitrogens with one attached hydrogen (secondary N) is 2. The van der Waals surface area contributed by atoms with E-state index in [4.69, 9.17) is 5.11 Å². The second-order valence-electron chi connectivity index (χ2n) is 4.94. The molecule has 0 unspecified atom stereocenters. The Hall–Kier alpha value is -1.36. The molecule has 5 heteroatoms. The highest BCUT2D eigenvalue weighted by Crippen LogP contribution is 1.98. The van der Waals surface area contributed by atoms with Crippen molar-refractivity contribution >= 4 is 11.9 Å². The summed E-state index contributed by atoms with van der Waals surface area (Å²) in [5.41, 5.74) is 0.0910. The maximum Gasteiger partial charge on any atom is 0.330 e. The predicted molar refractivity (Wildman–Crippen MR) is 66.8 cm³/mol. The van der Waals surface area contributed by atoms with Crippen LogP contribution in [0.4, 0.5) is 0 Å². The molecule has 0 bridgehead atoms. The van der Waals surface area contributed by atoms with Gasteiger partial charge in [0.25, 0.3) is 0 Å². The molecule has 0 aromatic heterocycles. The van der Waals surface area contributed by atoms with E-state index in [1.165, 1.54) is 6.92 Å². The number of aliphatic carboxylic acids is 1. The average Bonchev–Trinajstić information content (AvgIpc) is 2.13. The maximum atomic E-state index is 11.4. The number of amides is 1. The fourth-order valence-electron chi connectivity index (χ4n) is 1.10. The molecule has 0 saturated heterocycles. The first kappa shape index (κ1) is 15.6. The van der Waals surface area contributed by atoms with Gasteiger partial charge in [-0.1, -0.05) is 6.08 Å². The zero-order chi connectivity index (χ0) is 13.5. The molecular formula is C12H22N2O3. The molecular weight excluding hydrogens is 220 g/mol. The molecule has 0 saturated carbocycles. The molecule has 0 radical (unpaired) electrons. The molecule has 0 rings (SSSR count). The SMILES string of the molecule is CC(=CCNCCC(=O)NC(C)(C)C)C(=O)O. The van der Waals surface area contributed by atoms with E-state index in [2.05, 4.69) is 10.6 Å². The van der Waals surface area contributed by atoms with Crippen molar-refractivity contribution in [1.82, 2.24) is 10.6 Å². The highest BCUT2D eigenvalue weighted by Gasteiger charge is 2.12. The van der Waals surface area contributed by atoms with Gasteiger partial charge in [-0.05, 0) is 27.7 Å². The monoisotopic (exact) mass is 242 g/mol. The van der Waals surface area contributed by atoms with Crippen LogP contribution in [0.5, 0.6) is 0 Å². The maximum absolute atomic E-state index is 11.4. The molecule has 0 fully saturated rings. The molecule has 0 heterocycles. The van der Waals surface area contributed by atoms with Crippen LogP contribution >= 0.6 is 0 Å². The van der Waals surface area contributed by atoms with Gasteiger partial charge in [0.05, 0.1) is 0 Å². The standard InChI is InChI=1S/C12H22N2O3/c1-9(11(16)17)5-7-13-8-6-10(15)14-12(2,3)4/h5,13H,6-8H2,1-4H3,(H,14,15)(H,16,17). The summed E-state index contributed by atoms with van der Waals surface area (Å²) in [6.45, 7) is 8.31. The van der Waals surface area contributed by atoms with Crippen molar-refractivity contribution in [2.75, 3.05) is 13.1 Å². The third-order valence-corrected chi connectivity index (χ3v) is 1.93. The summed E-state index contributed by atoms with van der Waals surface area (Å²) >= 11 is 0. The van der Waals surface area contributed by atoms with Gasteiger partial charge in [0.15, 0.2) is 0 Å². The number of carbonyl (C=O) groups is 2. The molecule has 0 aromatic carbocycles. The highest BCUT2D eigenvalue weighted by molar-refractivity contribution is 5.85. The molecule has 98 valence electrons. The summed E-state index contributed by atoms with van der Waals surface area (Å²) in [5.74, 6) is -0.929. The van der Waals surface area contributed by atoms with Crippen LogP contribution in [-0.2, 0) is 9.59 Å². The van der Waals surface area contributed by atoms with Crippen LogP contribution in [0.25, 0.3) is 0 Å². The van der Waals surface area contributed by atoms with E-state index >= 15 is 0 Å². The Morgan fingerprint density at radius 1 is 1.29 bits per heavy atom. The van der Waals surface area contributed by atoms with Gasteiger partial charge in [-0.25, -0.2) is 4.79 Å². The number of carboxylic acid groups (broad SMARTS) is 1. The number of rotatable bonds is 6. The van der Waals surface area contributed by atoms with Crippen molar-refractivity contribution in [1.29, 1.82) is 0 Å². The third kappa shape index (κ3) is 9.56. The minimum Gasteiger partial charge on any atom is -0.478 e. The lowest BCUT2D eigenvalue weighted by atomic mass is 10.1. The predicted octanol–water partition coefficient (Wildman–Crippen LogP) is 0.912. The van der Waals surface area contributed by atoms with Gasteiger partial charge in [-0.15, -0.1) is 0 Å². The molecule has 3 N–H and O–H groups in total. The molecule has 0 aliphatic rings. The summed E-state index contributed by atoms with van der Waals surface area (Å²) in [7, 11) is 0. The molecule has 17 heavy (non-hydrogen) atoms. The van der Waals surface area contributed by atoms with Crippen LogP contribution < -0.4 is 10.6 Å². The van der Waals surface area contributed by atoms with Crippen molar-refractivity contribution in [3.63, 3.8) is 0 Å². The van der Waals surface area contributed by atoms with E-state index < -0.39 is 5.97 Å². The lowest BCUT2D eigenvalue weighted by molar-refractivity contribution is -0.132. The van der Waals surface area contributed by atoms with E-state index in [0.717, 1.165) is 0 Å². The minimum absolute atomic E-state index is 0.0102. The number of carboxylic acids is 1. The van der Waals surface area contributed by atoms with E-state index in [1.807, 2.05) is 20.8 Å². The topological polar surface area (TPSA) is 78.4 Å². The van der Waals surface area contributed by atoms with Gasteiger partial charge in [0, 0.05) is 30.6 Å². The van der Waals surface area contributed by atoms with E-state index in [9.17, 15) is 9.59 Å². The zero-order valence-corrected chi connectivity index (χ0v) is 11.0. The van der Waals surface area contributed by atoms with Crippen LogP contribution in [0.2, 0.25) is 0 Å². The van der Waals surface area contributed by atoms with Crippen molar-refractivity contribution in [3.05, 3.63) is 11.6 Å². The van der Waals surface area contributed by atoms with Gasteiger partial charge in [-0.2, -0.15) is 0 Å². The summed E-state index contributed by atoms with van der Waals surface area (Å²) in [6, 6.07) is 0. The van der Waals surface area contributed by atoms with E-state index in [1.54, 1.807) is 6.08 Å². The minimum atomic E-state index is -0.919. The smallest absolute Gasteiger partial charge is 0.330 e. The Labute approximate surface area is 102 Å². The second-order valence-corrected chi connectivity index (χ2v) is 4.94. The Morgan fingerprint density at radius 3 is 2.35 bits per heavy atom. The molecule has 0 aliphatic carbocycles. The van der Waals surface area contributed by atoms with Crippen molar-refractivity contribution in [2.45, 2.75) is 39.7 Å². The fraction of sp³-hybridized carbons (Fsp3) is 0.667. The summed E-state index contributed by atoms with van der Waals surface area (Å²) in [6.07, 6.45) is 1.97. The molecule has 0 spiro atoms. The fourth-order valence-corrected chi connectivity index (χ4v) is 1.10. The molecule has 0 aliphatic heterocycles. The first-order valence-electron chi connectivity index (χ1n) is 5.64. The molecule has 0 aromatic rings. The van der Waals surface area contributed by atoms with Gasteiger partial charge in [0.1, 0.15) is 0 Å². The molecule has 0 atom stereocenters. The summed E-state index contributed by atoms with van der Waals surface area (Å²) in [4.78, 5) is 21.9. The summed E-state index contributed by atoms with van der Waals surface area (Å²) < 4.78 is 0. The van der Waals surface area contributed by atoms with Crippen molar-refractivity contribution < 1.29 is 14.7 Å². The lowest BCUT2D eigenvalue weighted by Crippen LogP contribution is -2.41. The van der Waals surface area contributed by atoms with Crippen LogP contribution in [0, 0.1) is 0 Å². The quantitative estimate of drug-likeness (QED) is 0.478. The highest BCUT2D eigenvalue weighted by atomic mass is 16.4. The first-order chi connectivity index (χ1) is 7.72. The average molecular weight is 242 g/mol. The number of carbonyl (C=O) groups excluding carboxylic acids is 1. The van der Waals surface area contributed by atoms with E-state index in [-0.39, 0.29) is 11.4 Å². The van der Waals surface area contributed by atoms with Gasteiger partial charge >= 0.3 is 5.97 Å². The summed E-state index contributed by atoms with van der Waals surface area (Å²) in [5, 5.41) is 14.4.